The van der Waals surface area contributed by atoms with Crippen LogP contribution in [0.3, 0.4) is 0 Å². The van der Waals surface area contributed by atoms with Crippen LogP contribution in [0, 0.1) is 13.8 Å². The van der Waals surface area contributed by atoms with E-state index in [2.05, 4.69) is 31.9 Å². The van der Waals surface area contributed by atoms with Crippen molar-refractivity contribution in [2.75, 3.05) is 0 Å². The first-order valence-corrected chi connectivity index (χ1v) is 8.12. The molecule has 0 radical (unpaired) electrons. The van der Waals surface area contributed by atoms with E-state index < -0.39 is 0 Å². The van der Waals surface area contributed by atoms with Gasteiger partial charge >= 0.3 is 0 Å². The fourth-order valence-corrected chi connectivity index (χ4v) is 3.62. The van der Waals surface area contributed by atoms with Gasteiger partial charge in [0.05, 0.1) is 21.2 Å². The third-order valence-electron chi connectivity index (χ3n) is 3.02. The van der Waals surface area contributed by atoms with Crippen molar-refractivity contribution in [3.05, 3.63) is 65.5 Å². The second-order valence-electron chi connectivity index (χ2n) is 4.44. The summed E-state index contributed by atoms with van der Waals surface area (Å²) < 4.78 is 1.39. The Kier molecular flexibility index (Phi) is 4.96. The molecule has 0 saturated carbocycles. The lowest BCUT2D eigenvalue weighted by molar-refractivity contribution is 0.103. The van der Waals surface area contributed by atoms with Crippen molar-refractivity contribution in [1.82, 2.24) is 0 Å². The third kappa shape index (κ3) is 2.82. The molecule has 5 heteroatoms. The molecule has 1 nitrogen and oxygen atoms in total. The monoisotopic (exact) mass is 434 g/mol. The molecule has 0 atom stereocenters. The Morgan fingerprint density at radius 1 is 0.850 bits per heavy atom. The Morgan fingerprint density at radius 2 is 1.20 bits per heavy atom. The van der Waals surface area contributed by atoms with Crippen LogP contribution in [-0.2, 0) is 0 Å². The van der Waals surface area contributed by atoms with Crippen LogP contribution in [-0.4, -0.2) is 5.78 Å². The third-order valence-corrected chi connectivity index (χ3v) is 5.70. The van der Waals surface area contributed by atoms with Crippen molar-refractivity contribution >= 4 is 60.8 Å². The van der Waals surface area contributed by atoms with Crippen molar-refractivity contribution in [1.29, 1.82) is 0 Å². The predicted octanol–water partition coefficient (Wildman–Crippen LogP) is 6.37. The highest BCUT2D eigenvalue weighted by atomic mass is 79.9. The fourth-order valence-electron chi connectivity index (χ4n) is 1.85. The number of rotatable bonds is 2. The van der Waals surface area contributed by atoms with Crippen molar-refractivity contribution in [3.63, 3.8) is 0 Å². The van der Waals surface area contributed by atoms with Gasteiger partial charge in [-0.2, -0.15) is 0 Å². The molecule has 104 valence electrons. The van der Waals surface area contributed by atoms with Gasteiger partial charge in [-0.1, -0.05) is 35.3 Å². The number of hydrogen-bond acceptors (Lipinski definition) is 1. The standard InChI is InChI=1S/C15H10Br2Cl2O/c1-7-3-5-9(18)11(13(7)16)15(20)12-10(19)6-4-8(2)14(12)17/h3-6H,1-2H3. The fraction of sp³-hybridized carbons (Fsp3) is 0.133. The second kappa shape index (κ2) is 6.18. The molecule has 0 aliphatic carbocycles. The van der Waals surface area contributed by atoms with Crippen molar-refractivity contribution in [2.45, 2.75) is 13.8 Å². The maximum atomic E-state index is 12.8. The summed E-state index contributed by atoms with van der Waals surface area (Å²) in [6, 6.07) is 7.14. The average molecular weight is 437 g/mol. The molecule has 0 unspecified atom stereocenters. The number of carbonyl (C=O) groups is 1. The molecule has 0 N–H and O–H groups in total. The maximum absolute atomic E-state index is 12.8. The Hall–Kier alpha value is -0.350. The minimum atomic E-state index is -0.203. The van der Waals surface area contributed by atoms with Crippen molar-refractivity contribution < 1.29 is 4.79 Å². The lowest BCUT2D eigenvalue weighted by atomic mass is 10.00. The Balaban J connectivity index is 2.71. The molecular formula is C15H10Br2Cl2O. The van der Waals surface area contributed by atoms with Crippen LogP contribution >= 0.6 is 55.1 Å². The van der Waals surface area contributed by atoms with Crippen LogP contribution < -0.4 is 0 Å². The SMILES string of the molecule is Cc1ccc(Cl)c(C(=O)c2c(Cl)ccc(C)c2Br)c1Br. The zero-order valence-electron chi connectivity index (χ0n) is 10.7. The van der Waals surface area contributed by atoms with Gasteiger partial charge < -0.3 is 0 Å². The van der Waals surface area contributed by atoms with Gasteiger partial charge in [-0.3, -0.25) is 4.79 Å². The number of halogens is 4. The molecule has 0 aliphatic rings. The lowest BCUT2D eigenvalue weighted by Gasteiger charge is -2.12. The Labute approximate surface area is 144 Å². The van der Waals surface area contributed by atoms with Gasteiger partial charge in [0.15, 0.2) is 5.78 Å². The molecular weight excluding hydrogens is 427 g/mol. The van der Waals surface area contributed by atoms with Crippen LogP contribution in [0.5, 0.6) is 0 Å². The summed E-state index contributed by atoms with van der Waals surface area (Å²) in [5.41, 5.74) is 2.75. The summed E-state index contributed by atoms with van der Waals surface area (Å²) >= 11 is 19.2. The summed E-state index contributed by atoms with van der Waals surface area (Å²) in [7, 11) is 0. The van der Waals surface area contributed by atoms with E-state index in [0.717, 1.165) is 11.1 Å². The summed E-state index contributed by atoms with van der Waals surface area (Å²) in [4.78, 5) is 12.8. The number of benzene rings is 2. The van der Waals surface area contributed by atoms with E-state index in [9.17, 15) is 4.79 Å². The van der Waals surface area contributed by atoms with Crippen molar-refractivity contribution in [2.24, 2.45) is 0 Å². The summed E-state index contributed by atoms with van der Waals surface area (Å²) in [5.74, 6) is -0.203. The van der Waals surface area contributed by atoms with Gasteiger partial charge in [-0.25, -0.2) is 0 Å². The highest BCUT2D eigenvalue weighted by Gasteiger charge is 2.23. The first kappa shape index (κ1) is 16.0. The molecule has 2 rings (SSSR count). The zero-order valence-corrected chi connectivity index (χ0v) is 15.4. The Morgan fingerprint density at radius 3 is 1.55 bits per heavy atom. The van der Waals surface area contributed by atoms with Crippen LogP contribution in [0.2, 0.25) is 10.0 Å². The highest BCUT2D eigenvalue weighted by Crippen LogP contribution is 2.35. The van der Waals surface area contributed by atoms with E-state index in [4.69, 9.17) is 23.2 Å². The van der Waals surface area contributed by atoms with E-state index in [0.29, 0.717) is 30.1 Å². The second-order valence-corrected chi connectivity index (χ2v) is 6.84. The van der Waals surface area contributed by atoms with E-state index in [1.54, 1.807) is 12.1 Å². The molecule has 0 fully saturated rings. The minimum absolute atomic E-state index is 0.203. The topological polar surface area (TPSA) is 17.1 Å². The van der Waals surface area contributed by atoms with E-state index in [1.807, 2.05) is 26.0 Å². The predicted molar refractivity (Wildman–Crippen MR) is 91.2 cm³/mol. The van der Waals surface area contributed by atoms with Gasteiger partial charge in [0.2, 0.25) is 0 Å². The molecule has 0 amide bonds. The highest BCUT2D eigenvalue weighted by molar-refractivity contribution is 9.11. The van der Waals surface area contributed by atoms with Gasteiger partial charge in [0, 0.05) is 8.95 Å². The summed E-state index contributed by atoms with van der Waals surface area (Å²) in [5, 5.41) is 0.800. The molecule has 0 aliphatic heterocycles. The Bertz CT molecular complexity index is 652. The molecule has 0 heterocycles. The van der Waals surface area contributed by atoms with Gasteiger partial charge in [-0.15, -0.1) is 0 Å². The van der Waals surface area contributed by atoms with Crippen LogP contribution in [0.1, 0.15) is 27.0 Å². The number of ketones is 1. The average Bonchev–Trinajstić information content (AvgIpc) is 2.39. The number of hydrogen-bond donors (Lipinski definition) is 0. The van der Waals surface area contributed by atoms with Gasteiger partial charge in [-0.05, 0) is 69.0 Å². The van der Waals surface area contributed by atoms with Gasteiger partial charge in [0.1, 0.15) is 0 Å². The van der Waals surface area contributed by atoms with Crippen LogP contribution in [0.15, 0.2) is 33.2 Å². The molecule has 2 aromatic rings. The smallest absolute Gasteiger partial charge is 0.198 e. The normalized spacial score (nSPS) is 10.7. The van der Waals surface area contributed by atoms with Crippen LogP contribution in [0.4, 0.5) is 0 Å². The number of carbonyl (C=O) groups excluding carboxylic acids is 1. The molecule has 2 aromatic carbocycles. The van der Waals surface area contributed by atoms with E-state index in [1.165, 1.54) is 0 Å². The summed E-state index contributed by atoms with van der Waals surface area (Å²) in [6.45, 7) is 3.81. The number of aryl methyl sites for hydroxylation is 2. The minimum Gasteiger partial charge on any atom is -0.288 e. The molecule has 0 saturated heterocycles. The zero-order chi connectivity index (χ0) is 15.0. The largest absolute Gasteiger partial charge is 0.288 e. The van der Waals surface area contributed by atoms with E-state index in [-0.39, 0.29) is 5.78 Å². The maximum Gasteiger partial charge on any atom is 0.198 e. The van der Waals surface area contributed by atoms with Gasteiger partial charge in [0.25, 0.3) is 0 Å². The lowest BCUT2D eigenvalue weighted by Crippen LogP contribution is -2.07. The molecule has 0 spiro atoms. The molecule has 20 heavy (non-hydrogen) atoms. The quantitative estimate of drug-likeness (QED) is 0.500. The van der Waals surface area contributed by atoms with Crippen molar-refractivity contribution in [3.8, 4) is 0 Å². The first-order chi connectivity index (χ1) is 9.34. The summed E-state index contributed by atoms with van der Waals surface area (Å²) in [6.07, 6.45) is 0. The van der Waals surface area contributed by atoms with E-state index >= 15 is 0 Å². The first-order valence-electron chi connectivity index (χ1n) is 5.78. The molecule has 0 aromatic heterocycles. The molecule has 0 bridgehead atoms. The van der Waals surface area contributed by atoms with Crippen LogP contribution in [0.25, 0.3) is 0 Å².